The van der Waals surface area contributed by atoms with E-state index in [0.29, 0.717) is 23.9 Å². The van der Waals surface area contributed by atoms with Gasteiger partial charge in [0.25, 0.3) is 0 Å². The number of benzene rings is 1. The first-order chi connectivity index (χ1) is 17.7. The average Bonchev–Trinajstić information content (AvgIpc) is 3.67. The normalized spacial score (nSPS) is 15.6. The van der Waals surface area contributed by atoms with Crippen molar-refractivity contribution in [2.24, 2.45) is 5.92 Å². The fraction of sp³-hybridized carbons (Fsp3) is 0.292. The molecule has 0 amide bonds. The molecule has 4 aromatic heterocycles. The Bertz CT molecular complexity index is 1470. The molecule has 6 rings (SSSR count). The molecule has 0 bridgehead atoms. The molecule has 5 aromatic rings. The van der Waals surface area contributed by atoms with E-state index in [-0.39, 0.29) is 11.3 Å². The van der Waals surface area contributed by atoms with Gasteiger partial charge in [-0.05, 0) is 59.0 Å². The molecule has 182 valence electrons. The van der Waals surface area contributed by atoms with E-state index >= 15 is 4.39 Å². The first-order valence-corrected chi connectivity index (χ1v) is 11.7. The Balaban J connectivity index is 1.19. The summed E-state index contributed by atoms with van der Waals surface area (Å²) < 4.78 is 24.4. The Morgan fingerprint density at radius 2 is 1.92 bits per heavy atom. The summed E-state index contributed by atoms with van der Waals surface area (Å²) in [6, 6.07) is 7.11. The van der Waals surface area contributed by atoms with Crippen LogP contribution in [0.1, 0.15) is 18.9 Å². The number of aromatic nitrogens is 9. The fourth-order valence-corrected chi connectivity index (χ4v) is 4.46. The second kappa shape index (κ2) is 9.29. The number of hydrogen-bond donors (Lipinski definition) is 0. The van der Waals surface area contributed by atoms with Gasteiger partial charge in [-0.2, -0.15) is 0 Å². The second-order valence-electron chi connectivity index (χ2n) is 8.70. The van der Waals surface area contributed by atoms with Gasteiger partial charge in [0, 0.05) is 38.2 Å². The summed E-state index contributed by atoms with van der Waals surface area (Å²) >= 11 is 0. The van der Waals surface area contributed by atoms with Gasteiger partial charge < -0.3 is 14.2 Å². The summed E-state index contributed by atoms with van der Waals surface area (Å²) in [7, 11) is 0. The van der Waals surface area contributed by atoms with Crippen LogP contribution in [0.2, 0.25) is 0 Å². The van der Waals surface area contributed by atoms with Crippen molar-refractivity contribution >= 4 is 17.0 Å². The number of fused-ring (bicyclic) bond motifs is 1. The molecule has 36 heavy (non-hydrogen) atoms. The summed E-state index contributed by atoms with van der Waals surface area (Å²) in [5.41, 5.74) is 2.39. The first-order valence-electron chi connectivity index (χ1n) is 11.7. The summed E-state index contributed by atoms with van der Waals surface area (Å²) in [6.45, 7) is 4.37. The van der Waals surface area contributed by atoms with Crippen molar-refractivity contribution in [3.05, 3.63) is 66.9 Å². The molecule has 1 aromatic carbocycles. The lowest BCUT2D eigenvalue weighted by Crippen LogP contribution is -2.23. The standard InChI is InChI=1S/C24H23FN10O/c1-2-16-9-26-24(27-10-16)33-8-7-17(11-33)12-34-13-20(25)21-22(34)28-14-29-23(21)36-19-5-3-18(4-6-19)35-15-30-31-32-35/h3-6,9-10,13-15,17H,2,7-8,11-12H2,1H3/t17-/m0/s1. The largest absolute Gasteiger partial charge is 0.438 e. The van der Waals surface area contributed by atoms with Crippen molar-refractivity contribution in [3.63, 3.8) is 0 Å². The van der Waals surface area contributed by atoms with Crippen molar-refractivity contribution in [3.8, 4) is 17.3 Å². The summed E-state index contributed by atoms with van der Waals surface area (Å²) in [6.07, 6.45) is 10.00. The highest BCUT2D eigenvalue weighted by molar-refractivity contribution is 5.82. The SMILES string of the molecule is CCc1cnc(N2CC[C@H](Cn3cc(F)c4c(Oc5ccc(-n6cnnn6)cc5)ncnc43)C2)nc1. The van der Waals surface area contributed by atoms with Gasteiger partial charge >= 0.3 is 0 Å². The van der Waals surface area contributed by atoms with Crippen molar-refractivity contribution in [1.82, 2.24) is 44.7 Å². The predicted octanol–water partition coefficient (Wildman–Crippen LogP) is 3.22. The maximum Gasteiger partial charge on any atom is 0.234 e. The van der Waals surface area contributed by atoms with Gasteiger partial charge in [-0.1, -0.05) is 6.92 Å². The van der Waals surface area contributed by atoms with Crippen LogP contribution < -0.4 is 9.64 Å². The highest BCUT2D eigenvalue weighted by Gasteiger charge is 2.26. The Hall–Kier alpha value is -4.48. The number of halogens is 1. The van der Waals surface area contributed by atoms with E-state index in [1.807, 2.05) is 17.0 Å². The molecule has 11 nitrogen and oxygen atoms in total. The van der Waals surface area contributed by atoms with Crippen molar-refractivity contribution in [1.29, 1.82) is 0 Å². The molecule has 12 heteroatoms. The van der Waals surface area contributed by atoms with Gasteiger partial charge in [0.2, 0.25) is 11.8 Å². The highest BCUT2D eigenvalue weighted by Crippen LogP contribution is 2.31. The monoisotopic (exact) mass is 486 g/mol. The number of anilines is 1. The lowest BCUT2D eigenvalue weighted by molar-refractivity contribution is 0.465. The van der Waals surface area contributed by atoms with Gasteiger partial charge in [-0.15, -0.1) is 5.10 Å². The molecule has 0 N–H and O–H groups in total. The third-order valence-corrected chi connectivity index (χ3v) is 6.36. The number of hydrogen-bond acceptors (Lipinski definition) is 9. The minimum absolute atomic E-state index is 0.170. The molecular formula is C24H23FN10O. The van der Waals surface area contributed by atoms with Crippen LogP contribution in [0.4, 0.5) is 10.3 Å². The van der Waals surface area contributed by atoms with Crippen LogP contribution in [0.15, 0.2) is 55.5 Å². The van der Waals surface area contributed by atoms with Crippen LogP contribution in [0.3, 0.4) is 0 Å². The molecule has 5 heterocycles. The molecule has 0 saturated carbocycles. The van der Waals surface area contributed by atoms with Crippen LogP contribution >= 0.6 is 0 Å². The van der Waals surface area contributed by atoms with E-state index in [1.54, 1.807) is 24.3 Å². The molecule has 1 atom stereocenters. The number of nitrogens with zero attached hydrogens (tertiary/aromatic N) is 10. The fourth-order valence-electron chi connectivity index (χ4n) is 4.46. The van der Waals surface area contributed by atoms with Gasteiger partial charge in [-0.3, -0.25) is 0 Å². The number of aryl methyl sites for hydroxylation is 1. The highest BCUT2D eigenvalue weighted by atomic mass is 19.1. The number of rotatable bonds is 7. The molecule has 0 spiro atoms. The lowest BCUT2D eigenvalue weighted by Gasteiger charge is -2.16. The zero-order chi connectivity index (χ0) is 24.5. The third-order valence-electron chi connectivity index (χ3n) is 6.36. The maximum atomic E-state index is 15.1. The van der Waals surface area contributed by atoms with Gasteiger partial charge in [0.05, 0.1) is 5.69 Å². The zero-order valence-electron chi connectivity index (χ0n) is 19.6. The molecule has 1 saturated heterocycles. The summed E-state index contributed by atoms with van der Waals surface area (Å²) in [4.78, 5) is 19.7. The second-order valence-corrected chi connectivity index (χ2v) is 8.70. The summed E-state index contributed by atoms with van der Waals surface area (Å²) in [5, 5.41) is 11.4. The van der Waals surface area contributed by atoms with Crippen LogP contribution in [0, 0.1) is 11.7 Å². The van der Waals surface area contributed by atoms with E-state index in [2.05, 4.69) is 47.3 Å². The van der Waals surface area contributed by atoms with E-state index in [4.69, 9.17) is 4.74 Å². The predicted molar refractivity (Wildman–Crippen MR) is 128 cm³/mol. The minimum atomic E-state index is -0.417. The van der Waals surface area contributed by atoms with E-state index < -0.39 is 5.82 Å². The third kappa shape index (κ3) is 4.21. The van der Waals surface area contributed by atoms with Gasteiger partial charge in [-0.25, -0.2) is 29.0 Å². The van der Waals surface area contributed by atoms with E-state index in [0.717, 1.165) is 43.1 Å². The number of ether oxygens (including phenoxy) is 1. The lowest BCUT2D eigenvalue weighted by atomic mass is 10.1. The molecule has 0 radical (unpaired) electrons. The van der Waals surface area contributed by atoms with E-state index in [1.165, 1.54) is 23.5 Å². The zero-order valence-corrected chi connectivity index (χ0v) is 19.6. The quantitative estimate of drug-likeness (QED) is 0.342. The van der Waals surface area contributed by atoms with E-state index in [9.17, 15) is 0 Å². The minimum Gasteiger partial charge on any atom is -0.438 e. The Morgan fingerprint density at radius 1 is 1.08 bits per heavy atom. The Kier molecular flexibility index (Phi) is 5.68. The van der Waals surface area contributed by atoms with Crippen LogP contribution in [-0.4, -0.2) is 57.8 Å². The summed E-state index contributed by atoms with van der Waals surface area (Å²) in [5.74, 6) is 1.32. The molecule has 1 aliphatic rings. The maximum absolute atomic E-state index is 15.1. The molecule has 1 aliphatic heterocycles. The number of tetrazole rings is 1. The smallest absolute Gasteiger partial charge is 0.234 e. The topological polar surface area (TPSA) is 113 Å². The first kappa shape index (κ1) is 22.0. The van der Waals surface area contributed by atoms with Crippen LogP contribution in [0.25, 0.3) is 16.7 Å². The average molecular weight is 487 g/mol. The van der Waals surface area contributed by atoms with Gasteiger partial charge in [0.15, 0.2) is 5.82 Å². The Labute approximate surface area is 205 Å². The molecular weight excluding hydrogens is 463 g/mol. The van der Waals surface area contributed by atoms with Crippen molar-refractivity contribution < 1.29 is 9.13 Å². The van der Waals surface area contributed by atoms with Crippen molar-refractivity contribution in [2.75, 3.05) is 18.0 Å². The van der Waals surface area contributed by atoms with Gasteiger partial charge in [0.1, 0.15) is 29.4 Å². The van der Waals surface area contributed by atoms with Crippen LogP contribution in [-0.2, 0) is 13.0 Å². The molecule has 0 aliphatic carbocycles. The Morgan fingerprint density at radius 3 is 2.67 bits per heavy atom. The molecule has 0 unspecified atom stereocenters. The van der Waals surface area contributed by atoms with Crippen molar-refractivity contribution in [2.45, 2.75) is 26.3 Å². The van der Waals surface area contributed by atoms with Crippen LogP contribution in [0.5, 0.6) is 11.6 Å². The molecule has 1 fully saturated rings.